The summed E-state index contributed by atoms with van der Waals surface area (Å²) >= 11 is 3.37. The van der Waals surface area contributed by atoms with Crippen molar-refractivity contribution in [1.82, 2.24) is 5.32 Å². The van der Waals surface area contributed by atoms with Crippen molar-refractivity contribution in [3.63, 3.8) is 0 Å². The fraction of sp³-hybridized carbons (Fsp3) is 0.462. The van der Waals surface area contributed by atoms with Crippen molar-refractivity contribution < 1.29 is 13.9 Å². The van der Waals surface area contributed by atoms with Gasteiger partial charge in [0.25, 0.3) is 5.91 Å². The van der Waals surface area contributed by atoms with E-state index in [0.29, 0.717) is 12.3 Å². The summed E-state index contributed by atoms with van der Waals surface area (Å²) in [5.74, 6) is -0.600. The number of alkyl halides is 1. The fourth-order valence-electron chi connectivity index (χ4n) is 1.27. The van der Waals surface area contributed by atoms with Crippen LogP contribution in [0, 0.1) is 11.2 Å². The molecule has 18 heavy (non-hydrogen) atoms. The molecule has 0 radical (unpaired) electrons. The number of carbonyl (C=O) groups is 1. The zero-order valence-corrected chi connectivity index (χ0v) is 12.3. The molecule has 0 unspecified atom stereocenters. The van der Waals surface area contributed by atoms with E-state index in [2.05, 4.69) is 21.2 Å². The molecule has 1 N–H and O–H groups in total. The highest BCUT2D eigenvalue weighted by Gasteiger charge is 2.19. The standard InChI is InChI=1S/C13H17BrFNO2/c1-13(2,7-14)8-16-12(17)10-5-4-9(18-3)6-11(10)15/h4-6H,7-8H2,1-3H3,(H,16,17). The topological polar surface area (TPSA) is 38.3 Å². The molecule has 0 aromatic heterocycles. The molecule has 0 aliphatic heterocycles. The Morgan fingerprint density at radius 1 is 1.50 bits per heavy atom. The van der Waals surface area contributed by atoms with Gasteiger partial charge < -0.3 is 10.1 Å². The zero-order chi connectivity index (χ0) is 13.8. The van der Waals surface area contributed by atoms with Crippen molar-refractivity contribution >= 4 is 21.8 Å². The van der Waals surface area contributed by atoms with Gasteiger partial charge >= 0.3 is 0 Å². The first-order valence-electron chi connectivity index (χ1n) is 5.57. The molecule has 1 aromatic rings. The van der Waals surface area contributed by atoms with Crippen molar-refractivity contribution in [3.8, 4) is 5.75 Å². The summed E-state index contributed by atoms with van der Waals surface area (Å²) in [6, 6.07) is 4.18. The quantitative estimate of drug-likeness (QED) is 0.848. The largest absolute Gasteiger partial charge is 0.497 e. The molecule has 0 saturated carbocycles. The minimum Gasteiger partial charge on any atom is -0.497 e. The van der Waals surface area contributed by atoms with Crippen LogP contribution in [-0.2, 0) is 0 Å². The van der Waals surface area contributed by atoms with Crippen LogP contribution in [0.3, 0.4) is 0 Å². The van der Waals surface area contributed by atoms with Crippen LogP contribution in [0.15, 0.2) is 18.2 Å². The summed E-state index contributed by atoms with van der Waals surface area (Å²) in [5, 5.41) is 3.47. The average molecular weight is 318 g/mol. The van der Waals surface area contributed by atoms with E-state index in [4.69, 9.17) is 4.74 Å². The smallest absolute Gasteiger partial charge is 0.254 e. The van der Waals surface area contributed by atoms with Gasteiger partial charge in [-0.3, -0.25) is 4.79 Å². The SMILES string of the molecule is COc1ccc(C(=O)NCC(C)(C)CBr)c(F)c1. The Kier molecular flexibility index (Phi) is 5.14. The normalized spacial score (nSPS) is 11.2. The van der Waals surface area contributed by atoms with Gasteiger partial charge in [0, 0.05) is 17.9 Å². The number of ether oxygens (including phenoxy) is 1. The lowest BCUT2D eigenvalue weighted by Gasteiger charge is -2.21. The average Bonchev–Trinajstić information content (AvgIpc) is 2.36. The second-order valence-electron chi connectivity index (χ2n) is 4.83. The number of hydrogen-bond donors (Lipinski definition) is 1. The van der Waals surface area contributed by atoms with E-state index in [1.54, 1.807) is 6.07 Å². The lowest BCUT2D eigenvalue weighted by molar-refractivity contribution is 0.0936. The van der Waals surface area contributed by atoms with Gasteiger partial charge in [-0.15, -0.1) is 0 Å². The highest BCUT2D eigenvalue weighted by atomic mass is 79.9. The lowest BCUT2D eigenvalue weighted by Crippen LogP contribution is -2.35. The van der Waals surface area contributed by atoms with E-state index in [-0.39, 0.29) is 11.0 Å². The molecular formula is C13H17BrFNO2. The van der Waals surface area contributed by atoms with Crippen molar-refractivity contribution in [3.05, 3.63) is 29.6 Å². The maximum Gasteiger partial charge on any atom is 0.254 e. The minimum absolute atomic E-state index is 0.0289. The molecule has 5 heteroatoms. The predicted octanol–water partition coefficient (Wildman–Crippen LogP) is 2.99. The second-order valence-corrected chi connectivity index (χ2v) is 5.39. The summed E-state index contributed by atoms with van der Waals surface area (Å²) in [5.41, 5.74) is -0.0420. The van der Waals surface area contributed by atoms with Gasteiger partial charge in [-0.25, -0.2) is 4.39 Å². The van der Waals surface area contributed by atoms with Gasteiger partial charge in [-0.2, -0.15) is 0 Å². The molecular weight excluding hydrogens is 301 g/mol. The van der Waals surface area contributed by atoms with Crippen LogP contribution in [0.1, 0.15) is 24.2 Å². The summed E-state index contributed by atoms with van der Waals surface area (Å²) in [6.07, 6.45) is 0. The number of halogens is 2. The number of hydrogen-bond acceptors (Lipinski definition) is 2. The van der Waals surface area contributed by atoms with Crippen LogP contribution < -0.4 is 10.1 Å². The van der Waals surface area contributed by atoms with Gasteiger partial charge in [0.1, 0.15) is 11.6 Å². The number of rotatable bonds is 5. The highest BCUT2D eigenvalue weighted by molar-refractivity contribution is 9.09. The molecule has 0 fully saturated rings. The van der Waals surface area contributed by atoms with Crippen LogP contribution in [0.5, 0.6) is 5.75 Å². The van der Waals surface area contributed by atoms with Crippen LogP contribution in [0.25, 0.3) is 0 Å². The number of methoxy groups -OCH3 is 1. The Balaban J connectivity index is 2.73. The van der Waals surface area contributed by atoms with Crippen molar-refractivity contribution in [2.24, 2.45) is 5.41 Å². The lowest BCUT2D eigenvalue weighted by atomic mass is 9.97. The Morgan fingerprint density at radius 2 is 2.17 bits per heavy atom. The van der Waals surface area contributed by atoms with Crippen LogP contribution >= 0.6 is 15.9 Å². The molecule has 0 heterocycles. The van der Waals surface area contributed by atoms with Crippen molar-refractivity contribution in [1.29, 1.82) is 0 Å². The van der Waals surface area contributed by atoms with Gasteiger partial charge in [0.15, 0.2) is 0 Å². The Labute approximate surface area is 115 Å². The van der Waals surface area contributed by atoms with Crippen LogP contribution in [-0.4, -0.2) is 24.9 Å². The minimum atomic E-state index is -0.580. The number of nitrogens with one attached hydrogen (secondary N) is 1. The second kappa shape index (κ2) is 6.18. The van der Waals surface area contributed by atoms with Gasteiger partial charge in [-0.05, 0) is 17.5 Å². The first-order valence-corrected chi connectivity index (χ1v) is 6.69. The van der Waals surface area contributed by atoms with Crippen molar-refractivity contribution in [2.75, 3.05) is 19.0 Å². The maximum absolute atomic E-state index is 13.6. The number of benzene rings is 1. The fourth-order valence-corrected chi connectivity index (χ4v) is 1.47. The first-order chi connectivity index (χ1) is 8.39. The van der Waals surface area contributed by atoms with E-state index in [1.165, 1.54) is 19.2 Å². The Morgan fingerprint density at radius 3 is 2.67 bits per heavy atom. The van der Waals surface area contributed by atoms with E-state index < -0.39 is 11.7 Å². The predicted molar refractivity (Wildman–Crippen MR) is 72.9 cm³/mol. The molecule has 0 atom stereocenters. The molecule has 1 aromatic carbocycles. The van der Waals surface area contributed by atoms with Crippen molar-refractivity contribution in [2.45, 2.75) is 13.8 Å². The number of carbonyl (C=O) groups excluding carboxylic acids is 1. The molecule has 0 spiro atoms. The molecule has 100 valence electrons. The molecule has 0 aliphatic rings. The van der Waals surface area contributed by atoms with Crippen LogP contribution in [0.4, 0.5) is 4.39 Å². The molecule has 1 amide bonds. The maximum atomic E-state index is 13.6. The summed E-state index contributed by atoms with van der Waals surface area (Å²) in [4.78, 5) is 11.8. The summed E-state index contributed by atoms with van der Waals surface area (Å²) in [6.45, 7) is 4.49. The first kappa shape index (κ1) is 15.0. The Hall–Kier alpha value is -1.10. The summed E-state index contributed by atoms with van der Waals surface area (Å²) in [7, 11) is 1.45. The van der Waals surface area contributed by atoms with E-state index in [9.17, 15) is 9.18 Å². The highest BCUT2D eigenvalue weighted by Crippen LogP contribution is 2.18. The summed E-state index contributed by atoms with van der Waals surface area (Å²) < 4.78 is 18.5. The van der Waals surface area contributed by atoms with Gasteiger partial charge in [-0.1, -0.05) is 29.8 Å². The van der Waals surface area contributed by atoms with E-state index in [0.717, 1.165) is 5.33 Å². The van der Waals surface area contributed by atoms with E-state index in [1.807, 2.05) is 13.8 Å². The van der Waals surface area contributed by atoms with Gasteiger partial charge in [0.05, 0.1) is 12.7 Å². The third-order valence-electron chi connectivity index (χ3n) is 2.51. The number of amides is 1. The molecule has 0 aliphatic carbocycles. The molecule has 0 bridgehead atoms. The molecule has 1 rings (SSSR count). The third kappa shape index (κ3) is 3.98. The molecule has 3 nitrogen and oxygen atoms in total. The van der Waals surface area contributed by atoms with E-state index >= 15 is 0 Å². The monoisotopic (exact) mass is 317 g/mol. The molecule has 0 saturated heterocycles. The van der Waals surface area contributed by atoms with Gasteiger partial charge in [0.2, 0.25) is 0 Å². The third-order valence-corrected chi connectivity index (χ3v) is 4.03. The zero-order valence-electron chi connectivity index (χ0n) is 10.7. The Bertz CT molecular complexity index is 435. The van der Waals surface area contributed by atoms with Crippen LogP contribution in [0.2, 0.25) is 0 Å².